The Balaban J connectivity index is 1.56. The molecule has 0 aliphatic carbocycles. The van der Waals surface area contributed by atoms with Crippen LogP contribution >= 0.6 is 0 Å². The number of nitrogens with two attached hydrogens (primary N) is 1. The van der Waals surface area contributed by atoms with E-state index < -0.39 is 5.91 Å². The fourth-order valence-corrected chi connectivity index (χ4v) is 2.72. The highest BCUT2D eigenvalue weighted by Gasteiger charge is 2.09. The average Bonchev–Trinajstić information content (AvgIpc) is 3.26. The number of amides is 1. The molecule has 0 bridgehead atoms. The lowest BCUT2D eigenvalue weighted by Gasteiger charge is -2.08. The van der Waals surface area contributed by atoms with E-state index in [1.165, 1.54) is 0 Å². The molecule has 4 rings (SSSR count). The molecule has 142 valence electrons. The Kier molecular flexibility index (Phi) is 4.58. The third-order valence-corrected chi connectivity index (χ3v) is 3.95. The zero-order valence-electron chi connectivity index (χ0n) is 15.1. The van der Waals surface area contributed by atoms with Crippen LogP contribution < -0.4 is 15.8 Å². The first kappa shape index (κ1) is 17.5. The maximum atomic E-state index is 10.9. The van der Waals surface area contributed by atoms with Crippen molar-refractivity contribution >= 4 is 28.6 Å². The van der Waals surface area contributed by atoms with Gasteiger partial charge in [0.25, 0.3) is 5.91 Å². The van der Waals surface area contributed by atoms with Crippen molar-refractivity contribution in [2.45, 2.75) is 6.54 Å². The smallest absolute Gasteiger partial charge is 0.255 e. The number of hydrogen-bond donors (Lipinski definition) is 2. The van der Waals surface area contributed by atoms with Gasteiger partial charge in [-0.05, 0) is 17.7 Å². The third-order valence-electron chi connectivity index (χ3n) is 3.95. The molecular weight excluding hydrogens is 360 g/mol. The summed E-state index contributed by atoms with van der Waals surface area (Å²) in [6.45, 7) is 0.325. The van der Waals surface area contributed by atoms with Gasteiger partial charge in [0.05, 0.1) is 30.0 Å². The Morgan fingerprint density at radius 2 is 2.14 bits per heavy atom. The van der Waals surface area contributed by atoms with Crippen LogP contribution in [0.4, 0.5) is 11.6 Å². The number of primary amides is 1. The minimum Gasteiger partial charge on any atom is -0.484 e. The van der Waals surface area contributed by atoms with E-state index in [1.807, 2.05) is 31.4 Å². The summed E-state index contributed by atoms with van der Waals surface area (Å²) < 4.78 is 8.82. The lowest BCUT2D eigenvalue weighted by atomic mass is 10.2. The first-order chi connectivity index (χ1) is 13.6. The molecule has 0 spiro atoms. The molecule has 28 heavy (non-hydrogen) atoms. The second-order valence-corrected chi connectivity index (χ2v) is 6.20. The molecule has 3 N–H and O–H groups in total. The third kappa shape index (κ3) is 3.90. The molecule has 0 saturated carbocycles. The number of carbonyl (C=O) groups excluding carboxylic acids is 1. The summed E-state index contributed by atoms with van der Waals surface area (Å²) in [5.41, 5.74) is 7.57. The number of nitrogens with one attached hydrogen (secondary N) is 1. The topological polar surface area (TPSA) is 126 Å². The van der Waals surface area contributed by atoms with Gasteiger partial charge in [-0.3, -0.25) is 9.48 Å². The lowest BCUT2D eigenvalue weighted by Crippen LogP contribution is -2.20. The Morgan fingerprint density at radius 1 is 1.25 bits per heavy atom. The van der Waals surface area contributed by atoms with Gasteiger partial charge in [-0.1, -0.05) is 12.1 Å². The number of ether oxygens (including phenoxy) is 1. The van der Waals surface area contributed by atoms with Crippen molar-refractivity contribution in [3.63, 3.8) is 0 Å². The van der Waals surface area contributed by atoms with Crippen molar-refractivity contribution in [3.8, 4) is 5.75 Å². The standard InChI is InChI=1S/C18H18N8O2/c1-25-10-14(8-21-25)23-18-20-6-13-7-22-26(17(13)24-18)9-12-3-2-4-15(5-12)28-11-16(19)27/h2-8,10H,9,11H2,1H3,(H2,19,27)(H,20,23,24). The number of fused-ring (bicyclic) bond motifs is 1. The number of benzene rings is 1. The van der Waals surface area contributed by atoms with Crippen molar-refractivity contribution in [1.29, 1.82) is 0 Å². The summed E-state index contributed by atoms with van der Waals surface area (Å²) in [5, 5.41) is 12.5. The summed E-state index contributed by atoms with van der Waals surface area (Å²) in [5.74, 6) is 0.510. The number of aryl methyl sites for hydroxylation is 1. The minimum absolute atomic E-state index is 0.162. The van der Waals surface area contributed by atoms with Crippen molar-refractivity contribution in [1.82, 2.24) is 29.5 Å². The van der Waals surface area contributed by atoms with Gasteiger partial charge in [0, 0.05) is 19.4 Å². The molecular formula is C18H18N8O2. The molecule has 0 aliphatic rings. The molecule has 0 fully saturated rings. The summed E-state index contributed by atoms with van der Waals surface area (Å²) in [6, 6.07) is 7.40. The van der Waals surface area contributed by atoms with Gasteiger partial charge in [0.15, 0.2) is 12.3 Å². The number of rotatable bonds is 7. The summed E-state index contributed by atoms with van der Waals surface area (Å²) >= 11 is 0. The largest absolute Gasteiger partial charge is 0.484 e. The number of aromatic nitrogens is 6. The fraction of sp³-hybridized carbons (Fsp3) is 0.167. The molecule has 1 amide bonds. The fourth-order valence-electron chi connectivity index (χ4n) is 2.72. The summed E-state index contributed by atoms with van der Waals surface area (Å²) in [6.07, 6.45) is 6.97. The van der Waals surface area contributed by atoms with E-state index >= 15 is 0 Å². The van der Waals surface area contributed by atoms with Crippen molar-refractivity contribution in [2.24, 2.45) is 12.8 Å². The second-order valence-electron chi connectivity index (χ2n) is 6.20. The normalized spacial score (nSPS) is 10.9. The van der Waals surface area contributed by atoms with Crippen LogP contribution in [0.1, 0.15) is 5.56 Å². The summed E-state index contributed by atoms with van der Waals surface area (Å²) in [4.78, 5) is 19.8. The highest BCUT2D eigenvalue weighted by Crippen LogP contribution is 2.18. The van der Waals surface area contributed by atoms with E-state index in [2.05, 4.69) is 25.5 Å². The molecule has 0 unspecified atom stereocenters. The van der Waals surface area contributed by atoms with E-state index in [4.69, 9.17) is 10.5 Å². The number of carbonyl (C=O) groups is 1. The quantitative estimate of drug-likeness (QED) is 0.495. The monoisotopic (exact) mass is 378 g/mol. The van der Waals surface area contributed by atoms with Gasteiger partial charge in [0.1, 0.15) is 5.75 Å². The maximum absolute atomic E-state index is 10.9. The zero-order valence-corrected chi connectivity index (χ0v) is 15.1. The number of anilines is 2. The van der Waals surface area contributed by atoms with Gasteiger partial charge in [-0.15, -0.1) is 0 Å². The highest BCUT2D eigenvalue weighted by molar-refractivity contribution is 5.75. The highest BCUT2D eigenvalue weighted by atomic mass is 16.5. The number of hydrogen-bond acceptors (Lipinski definition) is 7. The predicted molar refractivity (Wildman–Crippen MR) is 102 cm³/mol. The van der Waals surface area contributed by atoms with Crippen LogP contribution in [0.15, 0.2) is 49.1 Å². The van der Waals surface area contributed by atoms with Crippen LogP contribution in [-0.4, -0.2) is 42.0 Å². The minimum atomic E-state index is -0.520. The lowest BCUT2D eigenvalue weighted by molar-refractivity contribution is -0.119. The van der Waals surface area contributed by atoms with Crippen LogP contribution in [0.3, 0.4) is 0 Å². The molecule has 3 heterocycles. The predicted octanol–water partition coefficient (Wildman–Crippen LogP) is 1.22. The second kappa shape index (κ2) is 7.35. The molecule has 0 aliphatic heterocycles. The molecule has 4 aromatic rings. The van der Waals surface area contributed by atoms with Crippen LogP contribution in [0.2, 0.25) is 0 Å². The van der Waals surface area contributed by atoms with Crippen LogP contribution in [0.25, 0.3) is 11.0 Å². The Morgan fingerprint density at radius 3 is 2.93 bits per heavy atom. The van der Waals surface area contributed by atoms with Crippen molar-refractivity contribution in [2.75, 3.05) is 11.9 Å². The van der Waals surface area contributed by atoms with Gasteiger partial charge in [-0.2, -0.15) is 15.2 Å². The first-order valence-corrected chi connectivity index (χ1v) is 8.51. The Labute approximate surface area is 160 Å². The van der Waals surface area contributed by atoms with E-state index in [-0.39, 0.29) is 6.61 Å². The zero-order chi connectivity index (χ0) is 19.5. The van der Waals surface area contributed by atoms with Gasteiger partial charge in [-0.25, -0.2) is 9.67 Å². The molecule has 0 radical (unpaired) electrons. The molecule has 0 atom stereocenters. The van der Waals surface area contributed by atoms with Crippen LogP contribution in [-0.2, 0) is 18.4 Å². The van der Waals surface area contributed by atoms with E-state index in [9.17, 15) is 4.79 Å². The Hall–Kier alpha value is -3.95. The van der Waals surface area contributed by atoms with Gasteiger partial charge in [0.2, 0.25) is 5.95 Å². The Bertz CT molecular complexity index is 1130. The van der Waals surface area contributed by atoms with Crippen molar-refractivity contribution < 1.29 is 9.53 Å². The van der Waals surface area contributed by atoms with E-state index in [0.717, 1.165) is 16.6 Å². The number of nitrogens with zero attached hydrogens (tertiary/aromatic N) is 6. The van der Waals surface area contributed by atoms with E-state index in [1.54, 1.807) is 34.0 Å². The SMILES string of the molecule is Cn1cc(Nc2ncc3cnn(Cc4cccc(OCC(N)=O)c4)c3n2)cn1. The first-order valence-electron chi connectivity index (χ1n) is 8.51. The molecule has 0 saturated heterocycles. The van der Waals surface area contributed by atoms with Crippen LogP contribution in [0, 0.1) is 0 Å². The molecule has 10 nitrogen and oxygen atoms in total. The molecule has 1 aromatic carbocycles. The van der Waals surface area contributed by atoms with Crippen LogP contribution in [0.5, 0.6) is 5.75 Å². The average molecular weight is 378 g/mol. The van der Waals surface area contributed by atoms with Crippen molar-refractivity contribution in [3.05, 3.63) is 54.6 Å². The summed E-state index contributed by atoms with van der Waals surface area (Å²) in [7, 11) is 1.84. The van der Waals surface area contributed by atoms with Gasteiger partial charge < -0.3 is 15.8 Å². The van der Waals surface area contributed by atoms with Gasteiger partial charge >= 0.3 is 0 Å². The molecule has 3 aromatic heterocycles. The van der Waals surface area contributed by atoms with E-state index in [0.29, 0.717) is 23.9 Å². The molecule has 10 heteroatoms. The maximum Gasteiger partial charge on any atom is 0.255 e.